The Hall–Kier alpha value is -1.66. The first-order chi connectivity index (χ1) is 11.0. The molecule has 2 heterocycles. The highest BCUT2D eigenvalue weighted by Crippen LogP contribution is 2.15. The molecule has 0 aromatic carbocycles. The molecule has 0 spiro atoms. The van der Waals surface area contributed by atoms with Crippen LogP contribution in [0.1, 0.15) is 30.6 Å². The van der Waals surface area contributed by atoms with Crippen LogP contribution in [0.15, 0.2) is 18.3 Å². The summed E-state index contributed by atoms with van der Waals surface area (Å²) in [7, 11) is 2.12. The standard InChI is InChI=1S/C17H29N5O/c1-13(2)10-15(12-18)20-17(23)14-4-5-19-16(11-14)22-8-6-21(3)7-9-22/h4-5,11,13,15H,6-10,12,18H2,1-3H3,(H,20,23). The number of carbonyl (C=O) groups is 1. The van der Waals surface area contributed by atoms with Gasteiger partial charge < -0.3 is 20.9 Å². The number of pyridine rings is 1. The van der Waals surface area contributed by atoms with E-state index in [2.05, 4.69) is 41.0 Å². The minimum atomic E-state index is -0.0705. The van der Waals surface area contributed by atoms with Gasteiger partial charge in [0.05, 0.1) is 0 Å². The molecule has 1 amide bonds. The van der Waals surface area contributed by atoms with Gasteiger partial charge in [0.2, 0.25) is 0 Å². The molecule has 128 valence electrons. The summed E-state index contributed by atoms with van der Waals surface area (Å²) in [6, 6.07) is 3.66. The van der Waals surface area contributed by atoms with Crippen LogP contribution >= 0.6 is 0 Å². The molecule has 23 heavy (non-hydrogen) atoms. The first kappa shape index (κ1) is 17.7. The van der Waals surface area contributed by atoms with Crippen molar-refractivity contribution in [2.24, 2.45) is 11.7 Å². The molecular formula is C17H29N5O. The summed E-state index contributed by atoms with van der Waals surface area (Å²) in [5.74, 6) is 1.31. The van der Waals surface area contributed by atoms with Gasteiger partial charge in [0, 0.05) is 50.5 Å². The Morgan fingerprint density at radius 1 is 1.35 bits per heavy atom. The van der Waals surface area contributed by atoms with Gasteiger partial charge in [-0.25, -0.2) is 4.98 Å². The van der Waals surface area contributed by atoms with E-state index in [1.54, 1.807) is 12.3 Å². The zero-order valence-electron chi connectivity index (χ0n) is 14.5. The number of nitrogens with zero attached hydrogens (tertiary/aromatic N) is 3. The van der Waals surface area contributed by atoms with Crippen LogP contribution in [0.4, 0.5) is 5.82 Å². The van der Waals surface area contributed by atoms with Gasteiger partial charge in [0.25, 0.3) is 5.91 Å². The van der Waals surface area contributed by atoms with Crippen molar-refractivity contribution in [1.82, 2.24) is 15.2 Å². The number of nitrogens with one attached hydrogen (secondary N) is 1. The maximum atomic E-state index is 12.5. The van der Waals surface area contributed by atoms with Crippen molar-refractivity contribution in [2.75, 3.05) is 44.7 Å². The highest BCUT2D eigenvalue weighted by Gasteiger charge is 2.18. The molecule has 0 radical (unpaired) electrons. The van der Waals surface area contributed by atoms with Crippen LogP contribution in [-0.2, 0) is 0 Å². The summed E-state index contributed by atoms with van der Waals surface area (Å²) < 4.78 is 0. The average Bonchev–Trinajstić information content (AvgIpc) is 2.54. The maximum Gasteiger partial charge on any atom is 0.251 e. The Kier molecular flexibility index (Phi) is 6.36. The second kappa shape index (κ2) is 8.26. The lowest BCUT2D eigenvalue weighted by Crippen LogP contribution is -2.45. The molecule has 1 aliphatic rings. The highest BCUT2D eigenvalue weighted by molar-refractivity contribution is 5.95. The van der Waals surface area contributed by atoms with Crippen LogP contribution in [0.25, 0.3) is 0 Å². The number of nitrogens with two attached hydrogens (primary N) is 1. The van der Waals surface area contributed by atoms with Crippen molar-refractivity contribution in [3.63, 3.8) is 0 Å². The van der Waals surface area contributed by atoms with Crippen LogP contribution in [0.2, 0.25) is 0 Å². The number of hydrogen-bond donors (Lipinski definition) is 2. The average molecular weight is 319 g/mol. The molecule has 3 N–H and O–H groups in total. The quantitative estimate of drug-likeness (QED) is 0.816. The number of hydrogen-bond acceptors (Lipinski definition) is 5. The zero-order valence-corrected chi connectivity index (χ0v) is 14.5. The molecule has 1 aliphatic heterocycles. The minimum absolute atomic E-state index is 0.0164. The number of amides is 1. The Bertz CT molecular complexity index is 511. The fraction of sp³-hybridized carbons (Fsp3) is 0.647. The predicted octanol–water partition coefficient (Wildman–Crippen LogP) is 0.937. The molecule has 1 aromatic heterocycles. The van der Waals surface area contributed by atoms with Crippen LogP contribution in [0.5, 0.6) is 0 Å². The molecule has 1 aromatic rings. The SMILES string of the molecule is CC(C)CC(CN)NC(=O)c1ccnc(N2CCN(C)CC2)c1. The topological polar surface area (TPSA) is 74.5 Å². The van der Waals surface area contributed by atoms with Crippen LogP contribution in [-0.4, -0.2) is 61.6 Å². The third-order valence-corrected chi connectivity index (χ3v) is 4.21. The lowest BCUT2D eigenvalue weighted by atomic mass is 10.0. The van der Waals surface area contributed by atoms with E-state index in [1.165, 1.54) is 0 Å². The van der Waals surface area contributed by atoms with Gasteiger partial charge in [-0.1, -0.05) is 13.8 Å². The summed E-state index contributed by atoms with van der Waals surface area (Å²) in [5.41, 5.74) is 6.42. The Morgan fingerprint density at radius 2 is 2.04 bits per heavy atom. The van der Waals surface area contributed by atoms with Crippen molar-refractivity contribution in [2.45, 2.75) is 26.3 Å². The molecule has 2 rings (SSSR count). The molecule has 1 saturated heterocycles. The van der Waals surface area contributed by atoms with Gasteiger partial charge in [0.15, 0.2) is 0 Å². The minimum Gasteiger partial charge on any atom is -0.354 e. The largest absolute Gasteiger partial charge is 0.354 e. The van der Waals surface area contributed by atoms with Crippen molar-refractivity contribution in [3.8, 4) is 0 Å². The molecule has 1 unspecified atom stereocenters. The summed E-state index contributed by atoms with van der Waals surface area (Å²) in [5, 5.41) is 3.03. The molecule has 6 heteroatoms. The van der Waals surface area contributed by atoms with Crippen LogP contribution in [0, 0.1) is 5.92 Å². The van der Waals surface area contributed by atoms with Crippen LogP contribution in [0.3, 0.4) is 0 Å². The second-order valence-electron chi connectivity index (χ2n) is 6.73. The van der Waals surface area contributed by atoms with E-state index in [0.717, 1.165) is 38.4 Å². The molecule has 0 bridgehead atoms. The van der Waals surface area contributed by atoms with Gasteiger partial charge in [0.1, 0.15) is 5.82 Å². The van der Waals surface area contributed by atoms with E-state index in [-0.39, 0.29) is 11.9 Å². The monoisotopic (exact) mass is 319 g/mol. The van der Waals surface area contributed by atoms with Crippen molar-refractivity contribution < 1.29 is 4.79 Å². The van der Waals surface area contributed by atoms with E-state index in [0.29, 0.717) is 18.0 Å². The fourth-order valence-corrected chi connectivity index (χ4v) is 2.82. The summed E-state index contributed by atoms with van der Waals surface area (Å²) in [6.07, 6.45) is 2.60. The van der Waals surface area contributed by atoms with Crippen LogP contribution < -0.4 is 16.0 Å². The van der Waals surface area contributed by atoms with E-state index in [4.69, 9.17) is 5.73 Å². The van der Waals surface area contributed by atoms with Crippen molar-refractivity contribution in [3.05, 3.63) is 23.9 Å². The Balaban J connectivity index is 2.02. The Labute approximate surface area is 139 Å². The number of anilines is 1. The smallest absolute Gasteiger partial charge is 0.251 e. The second-order valence-corrected chi connectivity index (χ2v) is 6.73. The molecular weight excluding hydrogens is 290 g/mol. The van der Waals surface area contributed by atoms with Gasteiger partial charge in [-0.2, -0.15) is 0 Å². The molecule has 0 aliphatic carbocycles. The number of aromatic nitrogens is 1. The summed E-state index contributed by atoms with van der Waals surface area (Å²) >= 11 is 0. The van der Waals surface area contributed by atoms with E-state index >= 15 is 0 Å². The van der Waals surface area contributed by atoms with Crippen molar-refractivity contribution >= 4 is 11.7 Å². The number of carbonyl (C=O) groups excluding carboxylic acids is 1. The van der Waals surface area contributed by atoms with Gasteiger partial charge >= 0.3 is 0 Å². The van der Waals surface area contributed by atoms with Gasteiger partial charge in [-0.05, 0) is 31.5 Å². The number of likely N-dealkylation sites (N-methyl/N-ethyl adjacent to an activating group) is 1. The molecule has 1 atom stereocenters. The normalized spacial score (nSPS) is 17.3. The maximum absolute atomic E-state index is 12.5. The summed E-state index contributed by atoms with van der Waals surface area (Å²) in [6.45, 7) is 8.63. The first-order valence-corrected chi connectivity index (χ1v) is 8.40. The van der Waals surface area contributed by atoms with Crippen molar-refractivity contribution in [1.29, 1.82) is 0 Å². The number of rotatable bonds is 6. The molecule has 1 fully saturated rings. The lowest BCUT2D eigenvalue weighted by Gasteiger charge is -2.33. The third-order valence-electron chi connectivity index (χ3n) is 4.21. The number of piperazine rings is 1. The van der Waals surface area contributed by atoms with E-state index in [1.807, 2.05) is 6.07 Å². The fourth-order valence-electron chi connectivity index (χ4n) is 2.82. The molecule has 6 nitrogen and oxygen atoms in total. The third kappa shape index (κ3) is 5.18. The van der Waals surface area contributed by atoms with E-state index < -0.39 is 0 Å². The highest BCUT2D eigenvalue weighted by atomic mass is 16.1. The lowest BCUT2D eigenvalue weighted by molar-refractivity contribution is 0.0933. The van der Waals surface area contributed by atoms with E-state index in [9.17, 15) is 4.79 Å². The Morgan fingerprint density at radius 3 is 2.65 bits per heavy atom. The molecule has 0 saturated carbocycles. The zero-order chi connectivity index (χ0) is 16.8. The predicted molar refractivity (Wildman–Crippen MR) is 93.7 cm³/mol. The first-order valence-electron chi connectivity index (χ1n) is 8.40. The van der Waals surface area contributed by atoms with Gasteiger partial charge in [-0.15, -0.1) is 0 Å². The van der Waals surface area contributed by atoms with Gasteiger partial charge in [-0.3, -0.25) is 4.79 Å². The summed E-state index contributed by atoms with van der Waals surface area (Å²) in [4.78, 5) is 21.4.